The molecule has 0 aromatic rings. The zero-order valence-electron chi connectivity index (χ0n) is 13.4. The predicted octanol–water partition coefficient (Wildman–Crippen LogP) is 2.65. The largest absolute Gasteiger partial charge is 0.465 e. The highest BCUT2D eigenvalue weighted by Gasteiger charge is 2.42. The fourth-order valence-electron chi connectivity index (χ4n) is 2.82. The monoisotopic (exact) mass is 294 g/mol. The highest BCUT2D eigenvalue weighted by molar-refractivity contribution is 5.88. The molecule has 5 nitrogen and oxygen atoms in total. The molecule has 0 atom stereocenters. The third-order valence-electron chi connectivity index (χ3n) is 4.07. The van der Waals surface area contributed by atoms with E-state index in [1.807, 2.05) is 13.8 Å². The molecule has 1 aliphatic carbocycles. The van der Waals surface area contributed by atoms with E-state index in [-0.39, 0.29) is 18.5 Å². The van der Waals surface area contributed by atoms with Crippen molar-refractivity contribution < 1.29 is 14.3 Å². The summed E-state index contributed by atoms with van der Waals surface area (Å²) in [6.45, 7) is 5.68. The molecule has 1 rings (SSSR count). The van der Waals surface area contributed by atoms with Crippen LogP contribution in [0.2, 0.25) is 0 Å². The lowest BCUT2D eigenvalue weighted by Crippen LogP contribution is -2.49. The van der Waals surface area contributed by atoms with Crippen molar-refractivity contribution in [1.82, 2.24) is 4.90 Å². The van der Waals surface area contributed by atoms with Crippen LogP contribution >= 0.6 is 0 Å². The first-order valence-electron chi connectivity index (χ1n) is 7.85. The molecule has 0 aromatic carbocycles. The third kappa shape index (κ3) is 4.45. The number of carbonyl (C=O) groups is 2. The fourth-order valence-corrected chi connectivity index (χ4v) is 2.82. The molecule has 0 saturated heterocycles. The van der Waals surface area contributed by atoms with Crippen LogP contribution in [-0.2, 0) is 14.3 Å². The Hall–Kier alpha value is -1.57. The van der Waals surface area contributed by atoms with Gasteiger partial charge < -0.3 is 9.64 Å². The lowest BCUT2D eigenvalue weighted by molar-refractivity contribution is -0.153. The molecular formula is C16H26N2O3. The molecule has 1 saturated carbocycles. The molecule has 1 aliphatic rings. The van der Waals surface area contributed by atoms with E-state index in [1.54, 1.807) is 6.92 Å². The fraction of sp³-hybridized carbons (Fsp3) is 0.812. The summed E-state index contributed by atoms with van der Waals surface area (Å²) in [5.74, 6) is -0.629. The zero-order chi connectivity index (χ0) is 15.9. The Balaban J connectivity index is 2.92. The van der Waals surface area contributed by atoms with E-state index in [9.17, 15) is 14.9 Å². The summed E-state index contributed by atoms with van der Waals surface area (Å²) in [5, 5.41) is 9.59. The maximum Gasteiger partial charge on any atom is 0.325 e. The van der Waals surface area contributed by atoms with Crippen molar-refractivity contribution in [1.29, 1.82) is 5.26 Å². The van der Waals surface area contributed by atoms with Gasteiger partial charge in [0.05, 0.1) is 12.7 Å². The second-order valence-electron chi connectivity index (χ2n) is 5.94. The molecule has 0 spiro atoms. The summed E-state index contributed by atoms with van der Waals surface area (Å²) in [7, 11) is 0. The smallest absolute Gasteiger partial charge is 0.325 e. The number of rotatable bonds is 5. The lowest BCUT2D eigenvalue weighted by Gasteiger charge is -2.33. The van der Waals surface area contributed by atoms with Crippen LogP contribution in [0.25, 0.3) is 0 Å². The van der Waals surface area contributed by atoms with Crippen LogP contribution in [-0.4, -0.2) is 36.0 Å². The van der Waals surface area contributed by atoms with Crippen molar-refractivity contribution in [2.45, 2.75) is 65.3 Å². The van der Waals surface area contributed by atoms with Crippen LogP contribution in [0.3, 0.4) is 0 Å². The quantitative estimate of drug-likeness (QED) is 0.577. The standard InChI is InChI=1S/C16H26N2O3/c1-4-21-14(19)11-18(13(2)3)15(20)16(12-17)9-7-5-6-8-10-16/h13H,4-11H2,1-3H3. The zero-order valence-corrected chi connectivity index (χ0v) is 13.4. The first-order valence-corrected chi connectivity index (χ1v) is 7.85. The molecule has 21 heavy (non-hydrogen) atoms. The van der Waals surface area contributed by atoms with Crippen LogP contribution in [0.4, 0.5) is 0 Å². The Morgan fingerprint density at radius 1 is 1.24 bits per heavy atom. The second-order valence-corrected chi connectivity index (χ2v) is 5.94. The Kier molecular flexibility index (Phi) is 6.67. The van der Waals surface area contributed by atoms with Gasteiger partial charge in [0.15, 0.2) is 0 Å². The normalized spacial score (nSPS) is 17.7. The van der Waals surface area contributed by atoms with Gasteiger partial charge in [-0.25, -0.2) is 0 Å². The minimum atomic E-state index is -0.965. The average molecular weight is 294 g/mol. The van der Waals surface area contributed by atoms with E-state index in [0.29, 0.717) is 19.4 Å². The first kappa shape index (κ1) is 17.5. The van der Waals surface area contributed by atoms with Gasteiger partial charge in [0.25, 0.3) is 0 Å². The summed E-state index contributed by atoms with van der Waals surface area (Å²) in [4.78, 5) is 26.1. The number of esters is 1. The molecule has 1 fully saturated rings. The van der Waals surface area contributed by atoms with Crippen molar-refractivity contribution in [3.63, 3.8) is 0 Å². The molecular weight excluding hydrogens is 268 g/mol. The van der Waals surface area contributed by atoms with Crippen molar-refractivity contribution in [3.05, 3.63) is 0 Å². The Bertz CT molecular complexity index is 404. The van der Waals surface area contributed by atoms with E-state index in [1.165, 1.54) is 4.90 Å². The minimum Gasteiger partial charge on any atom is -0.465 e. The molecule has 0 radical (unpaired) electrons. The Morgan fingerprint density at radius 3 is 2.24 bits per heavy atom. The van der Waals surface area contributed by atoms with Crippen LogP contribution < -0.4 is 0 Å². The molecule has 0 aromatic heterocycles. The van der Waals surface area contributed by atoms with Crippen molar-refractivity contribution in [2.24, 2.45) is 5.41 Å². The number of nitriles is 1. The second kappa shape index (κ2) is 8.02. The van der Waals surface area contributed by atoms with Crippen LogP contribution in [0.5, 0.6) is 0 Å². The molecule has 0 N–H and O–H groups in total. The summed E-state index contributed by atoms with van der Waals surface area (Å²) in [5.41, 5.74) is -0.965. The molecule has 118 valence electrons. The van der Waals surface area contributed by atoms with Gasteiger partial charge in [0, 0.05) is 6.04 Å². The summed E-state index contributed by atoms with van der Waals surface area (Å²) < 4.78 is 4.94. The van der Waals surface area contributed by atoms with Gasteiger partial charge in [-0.1, -0.05) is 25.7 Å². The van der Waals surface area contributed by atoms with E-state index < -0.39 is 11.4 Å². The molecule has 1 amide bonds. The molecule has 0 bridgehead atoms. The lowest BCUT2D eigenvalue weighted by atomic mass is 9.80. The minimum absolute atomic E-state index is 0.0756. The molecule has 0 aliphatic heterocycles. The number of hydrogen-bond acceptors (Lipinski definition) is 4. The maximum atomic E-state index is 12.9. The molecule has 0 heterocycles. The van der Waals surface area contributed by atoms with Crippen LogP contribution in [0, 0.1) is 16.7 Å². The SMILES string of the molecule is CCOC(=O)CN(C(=O)C1(C#N)CCCCCC1)C(C)C. The Labute approximate surface area is 127 Å². The molecule has 0 unspecified atom stereocenters. The number of carbonyl (C=O) groups excluding carboxylic acids is 2. The van der Waals surface area contributed by atoms with Gasteiger partial charge in [-0.3, -0.25) is 9.59 Å². The van der Waals surface area contributed by atoms with Crippen molar-refractivity contribution in [2.75, 3.05) is 13.2 Å². The van der Waals surface area contributed by atoms with E-state index in [2.05, 4.69) is 6.07 Å². The summed E-state index contributed by atoms with van der Waals surface area (Å²) in [6, 6.07) is 2.13. The number of hydrogen-bond donors (Lipinski definition) is 0. The van der Waals surface area contributed by atoms with Gasteiger partial charge in [0.1, 0.15) is 12.0 Å². The third-order valence-corrected chi connectivity index (χ3v) is 4.07. The van der Waals surface area contributed by atoms with Crippen molar-refractivity contribution in [3.8, 4) is 6.07 Å². The number of amides is 1. The van der Waals surface area contributed by atoms with Gasteiger partial charge in [-0.15, -0.1) is 0 Å². The van der Waals surface area contributed by atoms with Gasteiger partial charge in [-0.2, -0.15) is 5.26 Å². The van der Waals surface area contributed by atoms with Gasteiger partial charge >= 0.3 is 5.97 Å². The summed E-state index contributed by atoms with van der Waals surface area (Å²) in [6.07, 6.45) is 5.10. The summed E-state index contributed by atoms with van der Waals surface area (Å²) >= 11 is 0. The maximum absolute atomic E-state index is 12.9. The average Bonchev–Trinajstić information content (AvgIpc) is 2.70. The Morgan fingerprint density at radius 2 is 1.81 bits per heavy atom. The number of ether oxygens (including phenoxy) is 1. The van der Waals surface area contributed by atoms with E-state index in [4.69, 9.17) is 4.74 Å². The van der Waals surface area contributed by atoms with E-state index in [0.717, 1.165) is 25.7 Å². The highest BCUT2D eigenvalue weighted by atomic mass is 16.5. The van der Waals surface area contributed by atoms with Gasteiger partial charge in [0.2, 0.25) is 5.91 Å². The number of nitrogens with zero attached hydrogens (tertiary/aromatic N) is 2. The highest BCUT2D eigenvalue weighted by Crippen LogP contribution is 2.36. The van der Waals surface area contributed by atoms with Crippen LogP contribution in [0.1, 0.15) is 59.3 Å². The molecule has 5 heteroatoms. The van der Waals surface area contributed by atoms with E-state index >= 15 is 0 Å². The topological polar surface area (TPSA) is 70.4 Å². The first-order chi connectivity index (χ1) is 9.96. The van der Waals surface area contributed by atoms with Gasteiger partial charge in [-0.05, 0) is 33.6 Å². The predicted molar refractivity (Wildman–Crippen MR) is 79.2 cm³/mol. The van der Waals surface area contributed by atoms with Crippen molar-refractivity contribution >= 4 is 11.9 Å². The van der Waals surface area contributed by atoms with Crippen LogP contribution in [0.15, 0.2) is 0 Å².